The summed E-state index contributed by atoms with van der Waals surface area (Å²) >= 11 is 3.39. The second-order valence-corrected chi connectivity index (χ2v) is 5.78. The zero-order chi connectivity index (χ0) is 12.5. The molecular weight excluding hydrogens is 292 g/mol. The normalized spacial score (nSPS) is 26.7. The lowest BCUT2D eigenvalue weighted by Gasteiger charge is -2.25. The molecule has 1 aliphatic heterocycles. The zero-order valence-corrected chi connectivity index (χ0v) is 12.0. The highest BCUT2D eigenvalue weighted by Gasteiger charge is 2.30. The Morgan fingerprint density at radius 2 is 2.39 bits per heavy atom. The second-order valence-electron chi connectivity index (χ2n) is 5.03. The van der Waals surface area contributed by atoms with Crippen LogP contribution in [-0.2, 0) is 0 Å². The van der Waals surface area contributed by atoms with Crippen molar-refractivity contribution in [1.29, 1.82) is 0 Å². The number of hydrogen-bond acceptors (Lipinski definition) is 3. The fraction of sp³-hybridized carbons (Fsp3) is 0.500. The van der Waals surface area contributed by atoms with Crippen LogP contribution in [0.1, 0.15) is 18.4 Å². The van der Waals surface area contributed by atoms with E-state index in [1.165, 1.54) is 17.6 Å². The number of hydrogen-bond donors (Lipinski definition) is 1. The molecule has 1 aromatic heterocycles. The Kier molecular flexibility index (Phi) is 3.39. The summed E-state index contributed by atoms with van der Waals surface area (Å²) in [5.74, 6) is 2.32. The lowest BCUT2D eigenvalue weighted by Crippen LogP contribution is -2.33. The summed E-state index contributed by atoms with van der Waals surface area (Å²) in [4.78, 5) is 4.35. The number of fused-ring (bicyclic) bond motifs is 1. The summed E-state index contributed by atoms with van der Waals surface area (Å²) in [5, 5.41) is 3.48. The van der Waals surface area contributed by atoms with E-state index in [0.29, 0.717) is 0 Å². The number of nitrogens with one attached hydrogen (secondary N) is 1. The first-order chi connectivity index (χ1) is 8.78. The van der Waals surface area contributed by atoms with Gasteiger partial charge in [0, 0.05) is 6.20 Å². The van der Waals surface area contributed by atoms with Crippen molar-refractivity contribution in [3.63, 3.8) is 0 Å². The maximum absolute atomic E-state index is 5.31. The predicted octanol–water partition coefficient (Wildman–Crippen LogP) is 2.87. The van der Waals surface area contributed by atoms with Gasteiger partial charge in [-0.05, 0) is 70.9 Å². The van der Waals surface area contributed by atoms with E-state index >= 15 is 0 Å². The van der Waals surface area contributed by atoms with Crippen molar-refractivity contribution in [2.75, 3.05) is 20.2 Å². The molecule has 1 N–H and O–H groups in total. The SMILES string of the molecule is COc1cc(C2=C[C@@H]3CCNC[C@@H]3C2)cnc1Br. The second kappa shape index (κ2) is 5.02. The monoisotopic (exact) mass is 308 g/mol. The minimum absolute atomic E-state index is 0.746. The number of halogens is 1. The Morgan fingerprint density at radius 3 is 3.17 bits per heavy atom. The number of rotatable bonds is 2. The van der Waals surface area contributed by atoms with E-state index in [1.54, 1.807) is 7.11 Å². The van der Waals surface area contributed by atoms with Gasteiger partial charge in [0.2, 0.25) is 0 Å². The van der Waals surface area contributed by atoms with Crippen molar-refractivity contribution in [2.24, 2.45) is 11.8 Å². The molecule has 96 valence electrons. The van der Waals surface area contributed by atoms with Gasteiger partial charge in [-0.2, -0.15) is 0 Å². The molecule has 3 rings (SSSR count). The van der Waals surface area contributed by atoms with E-state index in [-0.39, 0.29) is 0 Å². The molecule has 0 saturated carbocycles. The molecule has 0 bridgehead atoms. The maximum Gasteiger partial charge on any atom is 0.152 e. The quantitative estimate of drug-likeness (QED) is 0.853. The molecule has 2 atom stereocenters. The van der Waals surface area contributed by atoms with Gasteiger partial charge >= 0.3 is 0 Å². The molecule has 0 unspecified atom stereocenters. The molecule has 2 heterocycles. The van der Waals surface area contributed by atoms with Gasteiger partial charge in [-0.3, -0.25) is 0 Å². The van der Waals surface area contributed by atoms with E-state index < -0.39 is 0 Å². The number of allylic oxidation sites excluding steroid dienone is 2. The minimum Gasteiger partial charge on any atom is -0.494 e. The average molecular weight is 309 g/mol. The van der Waals surface area contributed by atoms with E-state index in [4.69, 9.17) is 4.74 Å². The number of piperidine rings is 1. The van der Waals surface area contributed by atoms with Crippen LogP contribution in [0.2, 0.25) is 0 Å². The summed E-state index contributed by atoms with van der Waals surface area (Å²) < 4.78 is 6.08. The van der Waals surface area contributed by atoms with Crippen molar-refractivity contribution >= 4 is 21.5 Å². The fourth-order valence-corrected chi connectivity index (χ4v) is 3.33. The molecular formula is C14H17BrN2O. The average Bonchev–Trinajstić information content (AvgIpc) is 2.83. The predicted molar refractivity (Wildman–Crippen MR) is 75.5 cm³/mol. The Morgan fingerprint density at radius 1 is 1.50 bits per heavy atom. The van der Waals surface area contributed by atoms with Crippen molar-refractivity contribution in [3.8, 4) is 5.75 Å². The van der Waals surface area contributed by atoms with E-state index in [0.717, 1.165) is 41.7 Å². The third kappa shape index (κ3) is 2.19. The third-order valence-corrected chi connectivity index (χ3v) is 4.56. The van der Waals surface area contributed by atoms with Gasteiger partial charge in [-0.25, -0.2) is 4.98 Å². The Bertz CT molecular complexity index is 487. The molecule has 0 radical (unpaired) electrons. The molecule has 2 aliphatic rings. The molecule has 0 amide bonds. The Hall–Kier alpha value is -0.870. The van der Waals surface area contributed by atoms with Gasteiger partial charge in [0.25, 0.3) is 0 Å². The topological polar surface area (TPSA) is 34.1 Å². The smallest absolute Gasteiger partial charge is 0.152 e. The van der Waals surface area contributed by atoms with Gasteiger partial charge in [-0.15, -0.1) is 0 Å². The fourth-order valence-electron chi connectivity index (χ4n) is 2.96. The molecule has 1 aliphatic carbocycles. The van der Waals surface area contributed by atoms with E-state index in [1.807, 2.05) is 6.20 Å². The van der Waals surface area contributed by atoms with E-state index in [2.05, 4.69) is 38.4 Å². The van der Waals surface area contributed by atoms with Crippen molar-refractivity contribution in [2.45, 2.75) is 12.8 Å². The van der Waals surface area contributed by atoms with Gasteiger partial charge in [0.15, 0.2) is 5.75 Å². The number of methoxy groups -OCH3 is 1. The van der Waals surface area contributed by atoms with Gasteiger partial charge in [-0.1, -0.05) is 6.08 Å². The van der Waals surface area contributed by atoms with Crippen molar-refractivity contribution in [1.82, 2.24) is 10.3 Å². The standard InChI is InChI=1S/C14H17BrN2O/c1-18-13-6-12(8-17-14(13)15)10-4-9-2-3-16-7-11(9)5-10/h4,6,8-9,11,16H,2-3,5,7H2,1H3/t9-,11-/m0/s1. The largest absolute Gasteiger partial charge is 0.494 e. The first-order valence-electron chi connectivity index (χ1n) is 6.39. The van der Waals surface area contributed by atoms with E-state index in [9.17, 15) is 0 Å². The molecule has 1 aromatic rings. The number of nitrogens with zero attached hydrogens (tertiary/aromatic N) is 1. The van der Waals surface area contributed by atoms with Gasteiger partial charge in [0.05, 0.1) is 7.11 Å². The molecule has 1 fully saturated rings. The number of pyridine rings is 1. The third-order valence-electron chi connectivity index (χ3n) is 3.96. The first-order valence-corrected chi connectivity index (χ1v) is 7.18. The van der Waals surface area contributed by atoms with Crippen LogP contribution < -0.4 is 10.1 Å². The lowest BCUT2D eigenvalue weighted by molar-refractivity contribution is 0.324. The van der Waals surface area contributed by atoms with Gasteiger partial charge in [0.1, 0.15) is 4.60 Å². The Balaban J connectivity index is 1.87. The molecule has 18 heavy (non-hydrogen) atoms. The van der Waals surface area contributed by atoms with Crippen LogP contribution in [0.3, 0.4) is 0 Å². The minimum atomic E-state index is 0.746. The molecule has 0 spiro atoms. The van der Waals surface area contributed by atoms with Crippen LogP contribution >= 0.6 is 15.9 Å². The summed E-state index contributed by atoms with van der Waals surface area (Å²) in [7, 11) is 1.68. The Labute approximate surface area is 116 Å². The molecule has 4 heteroatoms. The lowest BCUT2D eigenvalue weighted by atomic mass is 9.89. The van der Waals surface area contributed by atoms with Gasteiger partial charge < -0.3 is 10.1 Å². The molecule has 1 saturated heterocycles. The summed E-state index contributed by atoms with van der Waals surface area (Å²) in [6, 6.07) is 2.08. The highest BCUT2D eigenvalue weighted by molar-refractivity contribution is 9.10. The van der Waals surface area contributed by atoms with Crippen LogP contribution in [0, 0.1) is 11.8 Å². The molecule has 0 aromatic carbocycles. The first kappa shape index (κ1) is 12.2. The van der Waals surface area contributed by atoms with Crippen LogP contribution in [0.4, 0.5) is 0 Å². The van der Waals surface area contributed by atoms with Crippen LogP contribution in [0.25, 0.3) is 5.57 Å². The summed E-state index contributed by atoms with van der Waals surface area (Å²) in [5.41, 5.74) is 2.62. The summed E-state index contributed by atoms with van der Waals surface area (Å²) in [6.07, 6.45) is 6.79. The maximum atomic E-state index is 5.31. The van der Waals surface area contributed by atoms with Crippen LogP contribution in [0.15, 0.2) is 22.9 Å². The van der Waals surface area contributed by atoms with Crippen LogP contribution in [-0.4, -0.2) is 25.2 Å². The number of ether oxygens (including phenoxy) is 1. The molecule has 3 nitrogen and oxygen atoms in total. The highest BCUT2D eigenvalue weighted by Crippen LogP contribution is 2.40. The number of aromatic nitrogens is 1. The summed E-state index contributed by atoms with van der Waals surface area (Å²) in [6.45, 7) is 2.29. The zero-order valence-electron chi connectivity index (χ0n) is 10.4. The van der Waals surface area contributed by atoms with Crippen molar-refractivity contribution < 1.29 is 4.74 Å². The highest BCUT2D eigenvalue weighted by atomic mass is 79.9. The van der Waals surface area contributed by atoms with Crippen LogP contribution in [0.5, 0.6) is 5.75 Å². The van der Waals surface area contributed by atoms with Crippen molar-refractivity contribution in [3.05, 3.63) is 28.5 Å².